The van der Waals surface area contributed by atoms with Gasteiger partial charge in [0, 0.05) is 12.8 Å². The molecule has 0 aliphatic heterocycles. The van der Waals surface area contributed by atoms with Crippen LogP contribution in [0.4, 0.5) is 0 Å². The third-order valence-electron chi connectivity index (χ3n) is 10.1. The van der Waals surface area contributed by atoms with E-state index in [4.69, 9.17) is 18.5 Å². The number of allylic oxidation sites excluding steroid dienone is 6. The fourth-order valence-corrected chi connectivity index (χ4v) is 7.11. The summed E-state index contributed by atoms with van der Waals surface area (Å²) in [5.41, 5.74) is 0. The van der Waals surface area contributed by atoms with Crippen LogP contribution in [-0.2, 0) is 32.7 Å². The summed E-state index contributed by atoms with van der Waals surface area (Å²) < 4.78 is 34.0. The second kappa shape index (κ2) is 40.6. The molecule has 0 heterocycles. The average Bonchev–Trinajstić information content (AvgIpc) is 3.17. The van der Waals surface area contributed by atoms with Gasteiger partial charge in [-0.15, -0.1) is 0 Å². The van der Waals surface area contributed by atoms with Crippen LogP contribution in [0.3, 0.4) is 0 Å². The van der Waals surface area contributed by atoms with Gasteiger partial charge in [-0.2, -0.15) is 0 Å². The maximum atomic E-state index is 12.7. The van der Waals surface area contributed by atoms with E-state index >= 15 is 0 Å². The van der Waals surface area contributed by atoms with Crippen molar-refractivity contribution in [3.8, 4) is 0 Å². The lowest BCUT2D eigenvalue weighted by molar-refractivity contribution is -0.870. The Morgan fingerprint density at radius 3 is 1.41 bits per heavy atom. The van der Waals surface area contributed by atoms with Crippen LogP contribution in [0.1, 0.15) is 206 Å². The van der Waals surface area contributed by atoms with E-state index in [9.17, 15) is 19.0 Å². The molecule has 0 amide bonds. The Morgan fingerprint density at radius 1 is 0.534 bits per heavy atom. The summed E-state index contributed by atoms with van der Waals surface area (Å²) in [4.78, 5) is 37.6. The van der Waals surface area contributed by atoms with Gasteiger partial charge in [0.25, 0.3) is 7.82 Å². The summed E-state index contributed by atoms with van der Waals surface area (Å²) in [6.07, 6.45) is 45.9. The highest BCUT2D eigenvalue weighted by Gasteiger charge is 2.21. The summed E-state index contributed by atoms with van der Waals surface area (Å²) >= 11 is 0. The highest BCUT2D eigenvalue weighted by Crippen LogP contribution is 2.38. The largest absolute Gasteiger partial charge is 0.756 e. The van der Waals surface area contributed by atoms with Gasteiger partial charge in [-0.05, 0) is 70.6 Å². The molecule has 340 valence electrons. The van der Waals surface area contributed by atoms with Gasteiger partial charge >= 0.3 is 11.9 Å². The van der Waals surface area contributed by atoms with Gasteiger partial charge < -0.3 is 27.9 Å². The van der Waals surface area contributed by atoms with E-state index in [1.54, 1.807) is 0 Å². The standard InChI is InChI=1S/C48H90NO8P/c1-6-8-10-12-14-16-18-20-22-24-26-28-30-32-34-36-38-40-47(50)54-44-46(45-56-58(52,53)55-43-42-49(3,4)5)57-48(51)41-39-37-35-33-31-29-27-25-23-21-19-17-15-13-11-9-7-2/h15,17,20-23,46H,6-14,16,18-19,24-45H2,1-5H3/b17-15-,22-20-,23-21-/t46-/m1/s1. The number of nitrogens with zero attached hydrogens (tertiary/aromatic N) is 1. The number of phosphoric ester groups is 1. The number of esters is 2. The summed E-state index contributed by atoms with van der Waals surface area (Å²) in [7, 11) is 1.16. The maximum absolute atomic E-state index is 12.7. The van der Waals surface area contributed by atoms with Gasteiger partial charge in [0.1, 0.15) is 19.8 Å². The first kappa shape index (κ1) is 56.2. The first-order valence-corrected chi connectivity index (χ1v) is 25.2. The average molecular weight is 840 g/mol. The number of hydrogen-bond donors (Lipinski definition) is 0. The minimum absolute atomic E-state index is 0.0331. The third-order valence-corrected chi connectivity index (χ3v) is 11.1. The molecule has 0 aromatic heterocycles. The van der Waals surface area contributed by atoms with Crippen LogP contribution in [0.15, 0.2) is 36.5 Å². The van der Waals surface area contributed by atoms with E-state index in [0.29, 0.717) is 17.4 Å². The lowest BCUT2D eigenvalue weighted by Crippen LogP contribution is -2.37. The topological polar surface area (TPSA) is 111 Å². The van der Waals surface area contributed by atoms with Crippen molar-refractivity contribution >= 4 is 19.8 Å². The van der Waals surface area contributed by atoms with Crippen LogP contribution in [0, 0.1) is 0 Å². The van der Waals surface area contributed by atoms with E-state index in [-0.39, 0.29) is 32.0 Å². The molecular formula is C48H90NO8P. The Labute approximate surface area is 357 Å². The van der Waals surface area contributed by atoms with E-state index in [2.05, 4.69) is 50.3 Å². The number of phosphoric acid groups is 1. The van der Waals surface area contributed by atoms with Crippen LogP contribution in [0.25, 0.3) is 0 Å². The molecule has 0 fully saturated rings. The molecule has 58 heavy (non-hydrogen) atoms. The van der Waals surface area contributed by atoms with Gasteiger partial charge in [0.15, 0.2) is 6.10 Å². The second-order valence-electron chi connectivity index (χ2n) is 17.1. The molecule has 2 atom stereocenters. The summed E-state index contributed by atoms with van der Waals surface area (Å²) in [6.45, 7) is 4.20. The minimum Gasteiger partial charge on any atom is -0.756 e. The number of unbranched alkanes of at least 4 members (excludes halogenated alkanes) is 23. The maximum Gasteiger partial charge on any atom is 0.306 e. The summed E-state index contributed by atoms with van der Waals surface area (Å²) in [5.74, 6) is -0.845. The fourth-order valence-electron chi connectivity index (χ4n) is 6.39. The number of quaternary nitrogens is 1. The zero-order valence-electron chi connectivity index (χ0n) is 38.2. The van der Waals surface area contributed by atoms with Crippen LogP contribution in [0.5, 0.6) is 0 Å². The number of rotatable bonds is 43. The Bertz CT molecular complexity index is 1090. The molecule has 0 aromatic carbocycles. The van der Waals surface area contributed by atoms with Gasteiger partial charge in [0.2, 0.25) is 0 Å². The van der Waals surface area contributed by atoms with E-state index in [0.717, 1.165) is 64.2 Å². The summed E-state index contributed by atoms with van der Waals surface area (Å²) in [5, 5.41) is 0. The van der Waals surface area contributed by atoms with Gasteiger partial charge in [-0.1, -0.05) is 159 Å². The zero-order chi connectivity index (χ0) is 42.8. The molecule has 0 bridgehead atoms. The predicted molar refractivity (Wildman–Crippen MR) is 241 cm³/mol. The van der Waals surface area contributed by atoms with Gasteiger partial charge in [-0.3, -0.25) is 14.2 Å². The van der Waals surface area contributed by atoms with Crippen LogP contribution in [-0.4, -0.2) is 70.0 Å². The normalized spacial score (nSPS) is 13.8. The lowest BCUT2D eigenvalue weighted by atomic mass is 10.1. The molecule has 0 aliphatic carbocycles. The van der Waals surface area contributed by atoms with Crippen molar-refractivity contribution in [1.82, 2.24) is 0 Å². The van der Waals surface area contributed by atoms with E-state index < -0.39 is 26.5 Å². The number of carbonyl (C=O) groups excluding carboxylic acids is 2. The Morgan fingerprint density at radius 2 is 0.931 bits per heavy atom. The first-order valence-electron chi connectivity index (χ1n) is 23.7. The number of hydrogen-bond acceptors (Lipinski definition) is 8. The zero-order valence-corrected chi connectivity index (χ0v) is 39.1. The van der Waals surface area contributed by atoms with Crippen LogP contribution >= 0.6 is 7.82 Å². The molecule has 0 radical (unpaired) electrons. The Balaban J connectivity index is 4.33. The van der Waals surface area contributed by atoms with Crippen molar-refractivity contribution in [2.75, 3.05) is 47.5 Å². The molecule has 0 rings (SSSR count). The highest BCUT2D eigenvalue weighted by molar-refractivity contribution is 7.45. The Hall–Kier alpha value is -1.77. The van der Waals surface area contributed by atoms with Crippen LogP contribution in [0.2, 0.25) is 0 Å². The van der Waals surface area contributed by atoms with E-state index in [1.807, 2.05) is 21.1 Å². The highest BCUT2D eigenvalue weighted by atomic mass is 31.2. The lowest BCUT2D eigenvalue weighted by Gasteiger charge is -2.28. The monoisotopic (exact) mass is 840 g/mol. The van der Waals surface area contributed by atoms with Crippen molar-refractivity contribution < 1.29 is 42.1 Å². The first-order chi connectivity index (χ1) is 28.0. The molecular weight excluding hydrogens is 750 g/mol. The number of carbonyl (C=O) groups is 2. The molecule has 0 N–H and O–H groups in total. The van der Waals surface area contributed by atoms with Gasteiger partial charge in [-0.25, -0.2) is 0 Å². The van der Waals surface area contributed by atoms with E-state index in [1.165, 1.54) is 109 Å². The van der Waals surface area contributed by atoms with Crippen LogP contribution < -0.4 is 4.89 Å². The molecule has 9 nitrogen and oxygen atoms in total. The number of ether oxygens (including phenoxy) is 2. The SMILES string of the molecule is CCCCC/C=C\C/C=C\CCCCCCCCCC(=O)O[C@H](COC(=O)CCCCCCCCC/C=C\CCCCCCCC)COP(=O)([O-])OCC[N+](C)(C)C. The van der Waals surface area contributed by atoms with Crippen molar-refractivity contribution in [3.05, 3.63) is 36.5 Å². The third kappa shape index (κ3) is 43.8. The molecule has 0 spiro atoms. The smallest absolute Gasteiger partial charge is 0.306 e. The number of likely N-dealkylation sites (N-methyl/N-ethyl adjacent to an activating group) is 1. The molecule has 0 aliphatic rings. The van der Waals surface area contributed by atoms with Crippen molar-refractivity contribution in [2.45, 2.75) is 213 Å². The van der Waals surface area contributed by atoms with Gasteiger partial charge in [0.05, 0.1) is 27.7 Å². The molecule has 10 heteroatoms. The molecule has 1 unspecified atom stereocenters. The molecule has 0 saturated heterocycles. The van der Waals surface area contributed by atoms with Crippen molar-refractivity contribution in [3.63, 3.8) is 0 Å². The second-order valence-corrected chi connectivity index (χ2v) is 18.5. The molecule has 0 aromatic rings. The molecule has 0 saturated carbocycles. The predicted octanol–water partition coefficient (Wildman–Crippen LogP) is 13.1. The van der Waals surface area contributed by atoms with Crippen molar-refractivity contribution in [2.24, 2.45) is 0 Å². The summed E-state index contributed by atoms with van der Waals surface area (Å²) in [6, 6.07) is 0. The minimum atomic E-state index is -4.63. The van der Waals surface area contributed by atoms with Crippen molar-refractivity contribution in [1.29, 1.82) is 0 Å². The quantitative estimate of drug-likeness (QED) is 0.0196. The Kier molecular flexibility index (Phi) is 39.4. The fraction of sp³-hybridized carbons (Fsp3) is 0.833.